The zero-order chi connectivity index (χ0) is 18.6. The summed E-state index contributed by atoms with van der Waals surface area (Å²) >= 11 is 0. The summed E-state index contributed by atoms with van der Waals surface area (Å²) < 4.78 is 16.9. The summed E-state index contributed by atoms with van der Waals surface area (Å²) in [7, 11) is 0. The molecule has 3 aromatic rings. The van der Waals surface area contributed by atoms with E-state index in [1.807, 2.05) is 49.4 Å². The lowest BCUT2D eigenvalue weighted by molar-refractivity contribution is -0.115. The fourth-order valence-corrected chi connectivity index (χ4v) is 3.33. The number of rotatable bonds is 6. The van der Waals surface area contributed by atoms with Gasteiger partial charge in [-0.2, -0.15) is 0 Å². The van der Waals surface area contributed by atoms with Gasteiger partial charge in [-0.05, 0) is 43.5 Å². The third-order valence-electron chi connectivity index (χ3n) is 4.74. The summed E-state index contributed by atoms with van der Waals surface area (Å²) in [6, 6.07) is 13.4. The van der Waals surface area contributed by atoms with Crippen LogP contribution in [0.4, 0.5) is 5.69 Å². The fourth-order valence-electron chi connectivity index (χ4n) is 3.33. The minimum Gasteiger partial charge on any atom is -0.491 e. The van der Waals surface area contributed by atoms with Crippen LogP contribution in [0.3, 0.4) is 0 Å². The number of benzene rings is 2. The van der Waals surface area contributed by atoms with Crippen LogP contribution >= 0.6 is 0 Å². The fraction of sp³-hybridized carbons (Fsp3) is 0.318. The molecular weight excluding hydrogens is 342 g/mol. The number of furan rings is 1. The number of fused-ring (bicyclic) bond motifs is 1. The molecule has 2 aromatic carbocycles. The van der Waals surface area contributed by atoms with Gasteiger partial charge in [0.05, 0.1) is 18.8 Å². The predicted molar refractivity (Wildman–Crippen MR) is 104 cm³/mol. The molecule has 27 heavy (non-hydrogen) atoms. The van der Waals surface area contributed by atoms with Crippen LogP contribution in [0, 0.1) is 6.92 Å². The minimum atomic E-state index is -0.0884. The van der Waals surface area contributed by atoms with Crippen molar-refractivity contribution in [2.24, 2.45) is 0 Å². The monoisotopic (exact) mass is 365 g/mol. The van der Waals surface area contributed by atoms with Gasteiger partial charge in [0.15, 0.2) is 0 Å². The van der Waals surface area contributed by atoms with Gasteiger partial charge >= 0.3 is 0 Å². The van der Waals surface area contributed by atoms with Gasteiger partial charge in [0.1, 0.15) is 17.9 Å². The standard InChI is InChI=1S/C22H23NO4/c1-15-7-8-20-16(13-27-21(20)10-15)11-22(24)23-17-4-2-5-18(12-17)26-14-19-6-3-9-25-19/h2,4-5,7-8,10,12-13,19H,3,6,9,11,14H2,1H3,(H,23,24). The van der Waals surface area contributed by atoms with Gasteiger partial charge in [0, 0.05) is 29.3 Å². The second-order valence-electron chi connectivity index (χ2n) is 6.96. The first-order valence-corrected chi connectivity index (χ1v) is 9.28. The molecule has 1 unspecified atom stereocenters. The zero-order valence-electron chi connectivity index (χ0n) is 15.4. The molecule has 0 radical (unpaired) electrons. The molecule has 5 heteroatoms. The number of carbonyl (C=O) groups is 1. The Bertz CT molecular complexity index is 940. The molecular formula is C22H23NO4. The summed E-state index contributed by atoms with van der Waals surface area (Å²) in [4.78, 5) is 12.5. The molecule has 0 saturated carbocycles. The van der Waals surface area contributed by atoms with Crippen molar-refractivity contribution < 1.29 is 18.7 Å². The quantitative estimate of drug-likeness (QED) is 0.700. The highest BCUT2D eigenvalue weighted by atomic mass is 16.5. The van der Waals surface area contributed by atoms with Gasteiger partial charge in [-0.25, -0.2) is 0 Å². The molecule has 1 atom stereocenters. The van der Waals surface area contributed by atoms with E-state index in [1.165, 1.54) is 0 Å². The van der Waals surface area contributed by atoms with Crippen LogP contribution in [0.25, 0.3) is 11.0 Å². The molecule has 1 saturated heterocycles. The second kappa shape index (κ2) is 7.84. The van der Waals surface area contributed by atoms with Gasteiger partial charge in [0.25, 0.3) is 0 Å². The Balaban J connectivity index is 1.37. The van der Waals surface area contributed by atoms with Crippen LogP contribution in [0.5, 0.6) is 5.75 Å². The SMILES string of the molecule is Cc1ccc2c(CC(=O)Nc3cccc(OCC4CCCO4)c3)coc2c1. The van der Waals surface area contributed by atoms with Gasteiger partial charge in [0.2, 0.25) is 5.91 Å². The van der Waals surface area contributed by atoms with E-state index in [0.29, 0.717) is 12.3 Å². The first-order valence-electron chi connectivity index (χ1n) is 9.28. The highest BCUT2D eigenvalue weighted by Gasteiger charge is 2.16. The number of anilines is 1. The smallest absolute Gasteiger partial charge is 0.228 e. The number of hydrogen-bond acceptors (Lipinski definition) is 4. The number of ether oxygens (including phenoxy) is 2. The topological polar surface area (TPSA) is 60.7 Å². The molecule has 0 spiro atoms. The van der Waals surface area contributed by atoms with Gasteiger partial charge < -0.3 is 19.2 Å². The molecule has 1 aliphatic heterocycles. The van der Waals surface area contributed by atoms with Crippen LogP contribution < -0.4 is 10.1 Å². The van der Waals surface area contributed by atoms with Crippen LogP contribution in [-0.4, -0.2) is 25.2 Å². The molecule has 1 N–H and O–H groups in total. The zero-order valence-corrected chi connectivity index (χ0v) is 15.4. The number of carbonyl (C=O) groups excluding carboxylic acids is 1. The van der Waals surface area contributed by atoms with Crippen molar-refractivity contribution in [3.8, 4) is 5.75 Å². The van der Waals surface area contributed by atoms with Gasteiger partial charge in [-0.1, -0.05) is 18.2 Å². The highest BCUT2D eigenvalue weighted by molar-refractivity contribution is 5.95. The number of amides is 1. The van der Waals surface area contributed by atoms with E-state index in [0.717, 1.165) is 47.3 Å². The van der Waals surface area contributed by atoms with E-state index >= 15 is 0 Å². The lowest BCUT2D eigenvalue weighted by atomic mass is 10.1. The Labute approximate surface area is 158 Å². The molecule has 1 amide bonds. The lowest BCUT2D eigenvalue weighted by Crippen LogP contribution is -2.17. The first-order chi connectivity index (χ1) is 13.2. The highest BCUT2D eigenvalue weighted by Crippen LogP contribution is 2.24. The van der Waals surface area contributed by atoms with Crippen molar-refractivity contribution in [3.63, 3.8) is 0 Å². The van der Waals surface area contributed by atoms with Crippen LogP contribution in [0.15, 0.2) is 53.1 Å². The maximum Gasteiger partial charge on any atom is 0.228 e. The van der Waals surface area contributed by atoms with E-state index in [-0.39, 0.29) is 18.4 Å². The maximum atomic E-state index is 12.5. The van der Waals surface area contributed by atoms with E-state index in [1.54, 1.807) is 6.26 Å². The predicted octanol–water partition coefficient (Wildman–Crippen LogP) is 4.48. The first kappa shape index (κ1) is 17.6. The molecule has 4 rings (SSSR count). The molecule has 1 fully saturated rings. The number of hydrogen-bond donors (Lipinski definition) is 1. The van der Waals surface area contributed by atoms with Crippen molar-refractivity contribution in [2.45, 2.75) is 32.3 Å². The summed E-state index contributed by atoms with van der Waals surface area (Å²) in [6.07, 6.45) is 4.21. The Hall–Kier alpha value is -2.79. The molecule has 0 bridgehead atoms. The Morgan fingerprint density at radius 1 is 1.26 bits per heavy atom. The van der Waals surface area contributed by atoms with E-state index in [9.17, 15) is 4.79 Å². The molecule has 1 aliphatic rings. The number of nitrogens with one attached hydrogen (secondary N) is 1. The van der Waals surface area contributed by atoms with E-state index in [4.69, 9.17) is 13.9 Å². The Kier molecular flexibility index (Phi) is 5.12. The third-order valence-corrected chi connectivity index (χ3v) is 4.74. The van der Waals surface area contributed by atoms with Crippen LogP contribution in [-0.2, 0) is 16.0 Å². The molecule has 140 valence electrons. The molecule has 5 nitrogen and oxygen atoms in total. The molecule has 0 aliphatic carbocycles. The van der Waals surface area contributed by atoms with Crippen molar-refractivity contribution in [3.05, 3.63) is 59.9 Å². The average molecular weight is 365 g/mol. The third kappa shape index (κ3) is 4.31. The van der Waals surface area contributed by atoms with Crippen molar-refractivity contribution in [1.29, 1.82) is 0 Å². The van der Waals surface area contributed by atoms with Crippen molar-refractivity contribution >= 4 is 22.6 Å². The number of aryl methyl sites for hydroxylation is 1. The normalized spacial score (nSPS) is 16.6. The molecule has 1 aromatic heterocycles. The van der Waals surface area contributed by atoms with Gasteiger partial charge in [-0.15, -0.1) is 0 Å². The largest absolute Gasteiger partial charge is 0.491 e. The van der Waals surface area contributed by atoms with Crippen molar-refractivity contribution in [1.82, 2.24) is 0 Å². The summed E-state index contributed by atoms with van der Waals surface area (Å²) in [6.45, 7) is 3.37. The van der Waals surface area contributed by atoms with Gasteiger partial charge in [-0.3, -0.25) is 4.79 Å². The summed E-state index contributed by atoms with van der Waals surface area (Å²) in [5.74, 6) is 0.641. The lowest BCUT2D eigenvalue weighted by Gasteiger charge is -2.12. The second-order valence-corrected chi connectivity index (χ2v) is 6.96. The van der Waals surface area contributed by atoms with E-state index < -0.39 is 0 Å². The average Bonchev–Trinajstić information content (AvgIpc) is 3.30. The summed E-state index contributed by atoms with van der Waals surface area (Å²) in [5.41, 5.74) is 3.54. The summed E-state index contributed by atoms with van der Waals surface area (Å²) in [5, 5.41) is 3.91. The maximum absolute atomic E-state index is 12.5. The van der Waals surface area contributed by atoms with Crippen molar-refractivity contribution in [2.75, 3.05) is 18.5 Å². The Morgan fingerprint density at radius 2 is 2.19 bits per heavy atom. The minimum absolute atomic E-state index is 0.0884. The van der Waals surface area contributed by atoms with Crippen LogP contribution in [0.1, 0.15) is 24.0 Å². The van der Waals surface area contributed by atoms with Crippen LogP contribution in [0.2, 0.25) is 0 Å². The Morgan fingerprint density at radius 3 is 3.04 bits per heavy atom. The molecule has 2 heterocycles. The van der Waals surface area contributed by atoms with E-state index in [2.05, 4.69) is 5.32 Å².